The molecule has 1 aromatic rings. The lowest BCUT2D eigenvalue weighted by atomic mass is 10.1. The quantitative estimate of drug-likeness (QED) is 0.829. The van der Waals surface area contributed by atoms with Gasteiger partial charge in [0.25, 0.3) is 0 Å². The molecule has 1 N–H and O–H groups in total. The lowest BCUT2D eigenvalue weighted by molar-refractivity contribution is -0.137. The summed E-state index contributed by atoms with van der Waals surface area (Å²) in [7, 11) is -4.01. The molecule has 1 aromatic carbocycles. The van der Waals surface area contributed by atoms with Crippen LogP contribution in [0.4, 0.5) is 13.2 Å². The van der Waals surface area contributed by atoms with Crippen molar-refractivity contribution >= 4 is 21.6 Å². The fraction of sp³-hybridized carbons (Fsp3) is 0.625. The number of benzene rings is 1. The van der Waals surface area contributed by atoms with Gasteiger partial charge in [0.05, 0.1) is 21.6 Å². The van der Waals surface area contributed by atoms with Crippen LogP contribution in [0.5, 0.6) is 0 Å². The minimum Gasteiger partial charge on any atom is -0.392 e. The van der Waals surface area contributed by atoms with E-state index in [9.17, 15) is 26.7 Å². The molecule has 10 heteroatoms. The van der Waals surface area contributed by atoms with Crippen molar-refractivity contribution in [3.05, 3.63) is 28.8 Å². The Balaban J connectivity index is 1.74. The van der Waals surface area contributed by atoms with Gasteiger partial charge >= 0.3 is 6.18 Å². The Labute approximate surface area is 155 Å². The second kappa shape index (κ2) is 7.27. The van der Waals surface area contributed by atoms with Crippen LogP contribution in [-0.2, 0) is 16.2 Å². The molecule has 0 spiro atoms. The van der Waals surface area contributed by atoms with E-state index in [0.717, 1.165) is 18.7 Å². The van der Waals surface area contributed by atoms with Crippen molar-refractivity contribution in [1.82, 2.24) is 9.21 Å². The molecule has 3 rings (SSSR count). The van der Waals surface area contributed by atoms with Gasteiger partial charge in [0.15, 0.2) is 0 Å². The van der Waals surface area contributed by atoms with E-state index in [1.165, 1.54) is 4.31 Å². The number of aliphatic hydroxyl groups is 1. The first-order valence-electron chi connectivity index (χ1n) is 8.38. The number of likely N-dealkylation sites (tertiary alicyclic amines) is 1. The van der Waals surface area contributed by atoms with Crippen molar-refractivity contribution in [2.24, 2.45) is 0 Å². The minimum absolute atomic E-state index is 0.189. The van der Waals surface area contributed by atoms with Gasteiger partial charge in [-0.2, -0.15) is 17.5 Å². The molecular weight excluding hydrogens is 393 g/mol. The molecule has 2 heterocycles. The third-order valence-corrected chi connectivity index (χ3v) is 7.24. The van der Waals surface area contributed by atoms with Gasteiger partial charge in [-0.1, -0.05) is 11.6 Å². The molecule has 0 bridgehead atoms. The molecule has 5 nitrogen and oxygen atoms in total. The standard InChI is InChI=1S/C16H20ClF3N2O3S/c17-15-2-1-13(9-14(15)16(18,19)20)26(24,25)22-7-3-11(4-8-22)21-6-5-12(23)10-21/h1-2,9,11-12,23H,3-8,10H2. The molecule has 2 aliphatic heterocycles. The normalized spacial score (nSPS) is 24.3. The van der Waals surface area contributed by atoms with Crippen LogP contribution in [0.2, 0.25) is 5.02 Å². The Morgan fingerprint density at radius 3 is 2.31 bits per heavy atom. The van der Waals surface area contributed by atoms with Gasteiger partial charge in [0.1, 0.15) is 0 Å². The second-order valence-electron chi connectivity index (χ2n) is 6.71. The first kappa shape index (κ1) is 19.9. The third-order valence-electron chi connectivity index (χ3n) is 5.02. The van der Waals surface area contributed by atoms with Crippen LogP contribution in [0.3, 0.4) is 0 Å². The number of sulfonamides is 1. The van der Waals surface area contributed by atoms with Crippen molar-refractivity contribution in [3.63, 3.8) is 0 Å². The van der Waals surface area contributed by atoms with Gasteiger partial charge in [-0.3, -0.25) is 4.90 Å². The predicted octanol–water partition coefficient (Wildman–Crippen LogP) is 2.58. The van der Waals surface area contributed by atoms with Crippen molar-refractivity contribution < 1.29 is 26.7 Å². The summed E-state index contributed by atoms with van der Waals surface area (Å²) in [6, 6.07) is 2.86. The van der Waals surface area contributed by atoms with Gasteiger partial charge in [0.2, 0.25) is 10.0 Å². The fourth-order valence-corrected chi connectivity index (χ4v) is 5.30. The molecule has 2 aliphatic rings. The summed E-state index contributed by atoms with van der Waals surface area (Å²) in [5.41, 5.74) is -1.15. The van der Waals surface area contributed by atoms with Crippen LogP contribution in [0.25, 0.3) is 0 Å². The number of hydrogen-bond donors (Lipinski definition) is 1. The summed E-state index contributed by atoms with van der Waals surface area (Å²) in [6.07, 6.45) is -3.17. The Morgan fingerprint density at radius 1 is 1.12 bits per heavy atom. The van der Waals surface area contributed by atoms with Crippen LogP contribution >= 0.6 is 11.6 Å². The smallest absolute Gasteiger partial charge is 0.392 e. The molecule has 0 aromatic heterocycles. The first-order chi connectivity index (χ1) is 12.1. The monoisotopic (exact) mass is 412 g/mol. The van der Waals surface area contributed by atoms with E-state index >= 15 is 0 Å². The van der Waals surface area contributed by atoms with Gasteiger partial charge in [-0.15, -0.1) is 0 Å². The lowest BCUT2D eigenvalue weighted by Gasteiger charge is -2.36. The average Bonchev–Trinajstić information content (AvgIpc) is 3.00. The van der Waals surface area contributed by atoms with Crippen molar-refractivity contribution in [1.29, 1.82) is 0 Å². The zero-order valence-corrected chi connectivity index (χ0v) is 15.5. The Kier molecular flexibility index (Phi) is 5.56. The molecule has 146 valence electrons. The van der Waals surface area contributed by atoms with Gasteiger partial charge in [-0.05, 0) is 37.5 Å². The lowest BCUT2D eigenvalue weighted by Crippen LogP contribution is -2.46. The van der Waals surface area contributed by atoms with Crippen LogP contribution in [0.15, 0.2) is 23.1 Å². The molecule has 26 heavy (non-hydrogen) atoms. The molecule has 0 amide bonds. The number of piperidine rings is 1. The number of nitrogens with zero attached hydrogens (tertiary/aromatic N) is 2. The van der Waals surface area contributed by atoms with Crippen molar-refractivity contribution in [2.75, 3.05) is 26.2 Å². The summed E-state index contributed by atoms with van der Waals surface area (Å²) < 4.78 is 65.6. The summed E-state index contributed by atoms with van der Waals surface area (Å²) in [4.78, 5) is 1.75. The summed E-state index contributed by atoms with van der Waals surface area (Å²) >= 11 is 5.57. The SMILES string of the molecule is O=S(=O)(c1ccc(Cl)c(C(F)(F)F)c1)N1CCC(N2CCC(O)C2)CC1. The largest absolute Gasteiger partial charge is 0.417 e. The van der Waals surface area contributed by atoms with Crippen LogP contribution in [0, 0.1) is 0 Å². The van der Waals surface area contributed by atoms with Crippen LogP contribution < -0.4 is 0 Å². The van der Waals surface area contributed by atoms with Crippen LogP contribution in [-0.4, -0.2) is 61.1 Å². The van der Waals surface area contributed by atoms with Gasteiger partial charge < -0.3 is 5.11 Å². The number of halogens is 4. The minimum atomic E-state index is -4.72. The Hall–Kier alpha value is -0.870. The number of aliphatic hydroxyl groups excluding tert-OH is 1. The highest BCUT2D eigenvalue weighted by Gasteiger charge is 2.37. The maximum absolute atomic E-state index is 13.0. The highest BCUT2D eigenvalue weighted by molar-refractivity contribution is 7.89. The summed E-state index contributed by atoms with van der Waals surface area (Å²) in [5, 5.41) is 9.10. The predicted molar refractivity (Wildman–Crippen MR) is 90.4 cm³/mol. The first-order valence-corrected chi connectivity index (χ1v) is 10.2. The molecule has 0 aliphatic carbocycles. The molecular formula is C16H20ClF3N2O3S. The summed E-state index contributed by atoms with van der Waals surface area (Å²) in [6.45, 7) is 1.85. The second-order valence-corrected chi connectivity index (χ2v) is 9.06. The molecule has 1 atom stereocenters. The van der Waals surface area contributed by atoms with E-state index in [0.29, 0.717) is 31.9 Å². The highest BCUT2D eigenvalue weighted by Crippen LogP contribution is 2.36. The van der Waals surface area contributed by atoms with E-state index in [1.54, 1.807) is 0 Å². The maximum atomic E-state index is 13.0. The van der Waals surface area contributed by atoms with E-state index < -0.39 is 31.7 Å². The van der Waals surface area contributed by atoms with Crippen LogP contribution in [0.1, 0.15) is 24.8 Å². The molecule has 1 unspecified atom stereocenters. The van der Waals surface area contributed by atoms with E-state index in [1.807, 2.05) is 0 Å². The van der Waals surface area contributed by atoms with Gasteiger partial charge in [-0.25, -0.2) is 8.42 Å². The van der Waals surface area contributed by atoms with Crippen molar-refractivity contribution in [3.8, 4) is 0 Å². The van der Waals surface area contributed by atoms with Crippen molar-refractivity contribution in [2.45, 2.75) is 42.5 Å². The van der Waals surface area contributed by atoms with E-state index in [-0.39, 0.29) is 25.2 Å². The molecule has 2 fully saturated rings. The summed E-state index contributed by atoms with van der Waals surface area (Å²) in [5.74, 6) is 0. The topological polar surface area (TPSA) is 60.9 Å². The highest BCUT2D eigenvalue weighted by atomic mass is 35.5. The number of hydrogen-bond acceptors (Lipinski definition) is 4. The zero-order chi connectivity index (χ0) is 19.1. The molecule has 2 saturated heterocycles. The number of alkyl halides is 3. The van der Waals surface area contributed by atoms with E-state index in [2.05, 4.69) is 4.90 Å². The maximum Gasteiger partial charge on any atom is 0.417 e. The molecule has 0 saturated carbocycles. The van der Waals surface area contributed by atoms with Gasteiger partial charge in [0, 0.05) is 32.2 Å². The third kappa shape index (κ3) is 4.01. The number of β-amino-alcohol motifs (C(OH)–C–C–N with tert-alkyl or cyclic N) is 1. The Morgan fingerprint density at radius 2 is 1.77 bits per heavy atom. The average molecular weight is 413 g/mol. The number of rotatable bonds is 3. The molecule has 0 radical (unpaired) electrons. The Bertz CT molecular complexity index is 764. The van der Waals surface area contributed by atoms with E-state index in [4.69, 9.17) is 11.6 Å². The fourth-order valence-electron chi connectivity index (χ4n) is 3.58. The zero-order valence-electron chi connectivity index (χ0n) is 13.9.